The number of hydrogen-bond acceptors (Lipinski definition) is 3. The molecule has 98 valence electrons. The third kappa shape index (κ3) is 8.08. The standard InChI is InChI=1S/C8H16O2.C5H13N/c9-5-7-2-1-3-8(4-7)6-10;1-2-3-4-5-6/h7-10H,1-6H2;2-6H2,1H3. The van der Waals surface area contributed by atoms with Crippen LogP contribution in [0.1, 0.15) is 51.9 Å². The van der Waals surface area contributed by atoms with Crippen molar-refractivity contribution in [3.63, 3.8) is 0 Å². The molecule has 1 fully saturated rings. The molecule has 2 atom stereocenters. The molecule has 1 rings (SSSR count). The predicted octanol–water partition coefficient (Wildman–Crippen LogP) is 1.91. The Kier molecular flexibility index (Phi) is 11.3. The maximum atomic E-state index is 8.82. The zero-order valence-electron chi connectivity index (χ0n) is 10.7. The van der Waals surface area contributed by atoms with Gasteiger partial charge in [0, 0.05) is 13.2 Å². The smallest absolute Gasteiger partial charge is 0.0459 e. The molecule has 4 N–H and O–H groups in total. The van der Waals surface area contributed by atoms with Gasteiger partial charge in [-0.25, -0.2) is 0 Å². The Hall–Kier alpha value is -0.120. The highest BCUT2D eigenvalue weighted by Gasteiger charge is 2.20. The SMILES string of the molecule is CCCCCN.OCC1CCCC(CO)C1. The van der Waals surface area contributed by atoms with Crippen molar-refractivity contribution in [2.75, 3.05) is 19.8 Å². The van der Waals surface area contributed by atoms with E-state index < -0.39 is 0 Å². The van der Waals surface area contributed by atoms with Crippen LogP contribution in [0.25, 0.3) is 0 Å². The quantitative estimate of drug-likeness (QED) is 0.633. The van der Waals surface area contributed by atoms with Crippen molar-refractivity contribution in [3.05, 3.63) is 0 Å². The second-order valence-electron chi connectivity index (χ2n) is 4.76. The largest absolute Gasteiger partial charge is 0.396 e. The molecule has 0 aromatic heterocycles. The maximum Gasteiger partial charge on any atom is 0.0459 e. The summed E-state index contributed by atoms with van der Waals surface area (Å²) in [5.74, 6) is 0.928. The van der Waals surface area contributed by atoms with Gasteiger partial charge in [-0.05, 0) is 44.1 Å². The summed E-state index contributed by atoms with van der Waals surface area (Å²) in [7, 11) is 0. The molecular weight excluding hydrogens is 202 g/mol. The molecule has 0 saturated heterocycles. The minimum absolute atomic E-state index is 0.302. The van der Waals surface area contributed by atoms with Crippen LogP contribution in [-0.2, 0) is 0 Å². The van der Waals surface area contributed by atoms with Gasteiger partial charge in [0.05, 0.1) is 0 Å². The number of hydrogen-bond donors (Lipinski definition) is 3. The van der Waals surface area contributed by atoms with Crippen molar-refractivity contribution in [2.24, 2.45) is 17.6 Å². The maximum absolute atomic E-state index is 8.82. The van der Waals surface area contributed by atoms with Gasteiger partial charge in [0.2, 0.25) is 0 Å². The summed E-state index contributed by atoms with van der Waals surface area (Å²) >= 11 is 0. The van der Waals surface area contributed by atoms with E-state index in [9.17, 15) is 0 Å². The van der Waals surface area contributed by atoms with Gasteiger partial charge in [-0.3, -0.25) is 0 Å². The van der Waals surface area contributed by atoms with E-state index in [0.717, 1.165) is 25.8 Å². The second-order valence-corrected chi connectivity index (χ2v) is 4.76. The van der Waals surface area contributed by atoms with Crippen LogP contribution in [0.3, 0.4) is 0 Å². The van der Waals surface area contributed by atoms with Crippen LogP contribution in [0.4, 0.5) is 0 Å². The summed E-state index contributed by atoms with van der Waals surface area (Å²) in [6.45, 7) is 3.64. The zero-order valence-corrected chi connectivity index (χ0v) is 10.7. The van der Waals surface area contributed by atoms with Crippen molar-refractivity contribution in [3.8, 4) is 0 Å². The minimum atomic E-state index is 0.302. The Morgan fingerprint density at radius 3 is 1.94 bits per heavy atom. The van der Waals surface area contributed by atoms with Crippen LogP contribution in [0.15, 0.2) is 0 Å². The molecule has 16 heavy (non-hydrogen) atoms. The van der Waals surface area contributed by atoms with E-state index in [2.05, 4.69) is 6.92 Å². The molecule has 0 bridgehead atoms. The highest BCUT2D eigenvalue weighted by molar-refractivity contribution is 4.71. The van der Waals surface area contributed by atoms with E-state index in [4.69, 9.17) is 15.9 Å². The Balaban J connectivity index is 0.000000325. The van der Waals surface area contributed by atoms with Crippen LogP contribution in [0, 0.1) is 11.8 Å². The van der Waals surface area contributed by atoms with Gasteiger partial charge in [0.15, 0.2) is 0 Å². The van der Waals surface area contributed by atoms with Crippen LogP contribution in [0.2, 0.25) is 0 Å². The molecule has 0 spiro atoms. The van der Waals surface area contributed by atoms with Crippen LogP contribution < -0.4 is 5.73 Å². The summed E-state index contributed by atoms with van der Waals surface area (Å²) in [5.41, 5.74) is 5.21. The Morgan fingerprint density at radius 1 is 1.06 bits per heavy atom. The average molecular weight is 231 g/mol. The molecule has 1 saturated carbocycles. The minimum Gasteiger partial charge on any atom is -0.396 e. The topological polar surface area (TPSA) is 66.5 Å². The van der Waals surface area contributed by atoms with Gasteiger partial charge in [0.1, 0.15) is 0 Å². The summed E-state index contributed by atoms with van der Waals surface area (Å²) in [5, 5.41) is 17.6. The Morgan fingerprint density at radius 2 is 1.62 bits per heavy atom. The summed E-state index contributed by atoms with van der Waals surface area (Å²) < 4.78 is 0. The van der Waals surface area contributed by atoms with Gasteiger partial charge in [-0.15, -0.1) is 0 Å². The highest BCUT2D eigenvalue weighted by Crippen LogP contribution is 2.27. The normalized spacial score (nSPS) is 24.8. The molecule has 2 unspecified atom stereocenters. The molecule has 1 aliphatic rings. The fraction of sp³-hybridized carbons (Fsp3) is 1.00. The lowest BCUT2D eigenvalue weighted by molar-refractivity contribution is 0.121. The first-order valence-electron chi connectivity index (χ1n) is 6.70. The first kappa shape index (κ1) is 15.9. The fourth-order valence-electron chi connectivity index (χ4n) is 2.13. The summed E-state index contributed by atoms with van der Waals surface area (Å²) in [6, 6.07) is 0. The van der Waals surface area contributed by atoms with E-state index in [-0.39, 0.29) is 0 Å². The third-order valence-corrected chi connectivity index (χ3v) is 3.22. The van der Waals surface area contributed by atoms with Gasteiger partial charge in [-0.1, -0.05) is 26.2 Å². The van der Waals surface area contributed by atoms with E-state index in [1.54, 1.807) is 0 Å². The predicted molar refractivity (Wildman–Crippen MR) is 68.2 cm³/mol. The second kappa shape index (κ2) is 11.4. The van der Waals surface area contributed by atoms with E-state index in [1.165, 1.54) is 25.7 Å². The third-order valence-electron chi connectivity index (χ3n) is 3.22. The fourth-order valence-corrected chi connectivity index (χ4v) is 2.13. The summed E-state index contributed by atoms with van der Waals surface area (Å²) in [6.07, 6.45) is 8.24. The van der Waals surface area contributed by atoms with Crippen LogP contribution in [-0.4, -0.2) is 30.0 Å². The van der Waals surface area contributed by atoms with Gasteiger partial charge >= 0.3 is 0 Å². The zero-order chi connectivity index (χ0) is 12.2. The van der Waals surface area contributed by atoms with Crippen LogP contribution >= 0.6 is 0 Å². The van der Waals surface area contributed by atoms with E-state index in [0.29, 0.717) is 25.0 Å². The first-order valence-corrected chi connectivity index (χ1v) is 6.70. The number of aliphatic hydroxyl groups excluding tert-OH is 2. The van der Waals surface area contributed by atoms with Gasteiger partial charge < -0.3 is 15.9 Å². The first-order chi connectivity index (χ1) is 7.78. The molecule has 0 aliphatic heterocycles. The lowest BCUT2D eigenvalue weighted by Crippen LogP contribution is -2.20. The monoisotopic (exact) mass is 231 g/mol. The molecule has 1 aliphatic carbocycles. The van der Waals surface area contributed by atoms with E-state index >= 15 is 0 Å². The highest BCUT2D eigenvalue weighted by atomic mass is 16.3. The summed E-state index contributed by atoms with van der Waals surface area (Å²) in [4.78, 5) is 0. The lowest BCUT2D eigenvalue weighted by atomic mass is 9.82. The van der Waals surface area contributed by atoms with Crippen molar-refractivity contribution >= 4 is 0 Å². The molecule has 3 heteroatoms. The molecule has 0 amide bonds. The number of aliphatic hydroxyl groups is 2. The van der Waals surface area contributed by atoms with Crippen molar-refractivity contribution < 1.29 is 10.2 Å². The molecule has 0 aromatic rings. The molecular formula is C13H29NO2. The van der Waals surface area contributed by atoms with Crippen molar-refractivity contribution in [2.45, 2.75) is 51.9 Å². The number of rotatable bonds is 5. The molecule has 3 nitrogen and oxygen atoms in total. The molecule has 0 heterocycles. The molecule has 0 aromatic carbocycles. The van der Waals surface area contributed by atoms with Gasteiger partial charge in [-0.2, -0.15) is 0 Å². The van der Waals surface area contributed by atoms with Crippen LogP contribution in [0.5, 0.6) is 0 Å². The molecule has 0 radical (unpaired) electrons. The van der Waals surface area contributed by atoms with E-state index in [1.807, 2.05) is 0 Å². The number of nitrogens with two attached hydrogens (primary N) is 1. The van der Waals surface area contributed by atoms with Gasteiger partial charge in [0.25, 0.3) is 0 Å². The van der Waals surface area contributed by atoms with Crippen molar-refractivity contribution in [1.29, 1.82) is 0 Å². The number of unbranched alkanes of at least 4 members (excludes halogenated alkanes) is 2. The van der Waals surface area contributed by atoms with Crippen molar-refractivity contribution in [1.82, 2.24) is 0 Å². The average Bonchev–Trinajstić information content (AvgIpc) is 2.37. The Bertz CT molecular complexity index is 128. The lowest BCUT2D eigenvalue weighted by Gasteiger charge is -2.26. The Labute approximate surface area is 100 Å².